The van der Waals surface area contributed by atoms with Crippen molar-refractivity contribution in [2.75, 3.05) is 6.61 Å². The second-order valence-electron chi connectivity index (χ2n) is 5.28. The number of hydrogen-bond acceptors (Lipinski definition) is 2. The molecule has 0 aliphatic heterocycles. The van der Waals surface area contributed by atoms with Crippen molar-refractivity contribution in [3.63, 3.8) is 0 Å². The van der Waals surface area contributed by atoms with Gasteiger partial charge < -0.3 is 10.2 Å². The van der Waals surface area contributed by atoms with Gasteiger partial charge in [0.2, 0.25) is 0 Å². The highest BCUT2D eigenvalue weighted by Crippen LogP contribution is 2.13. The van der Waals surface area contributed by atoms with Crippen molar-refractivity contribution in [2.45, 2.75) is 38.1 Å². The standard InChI is InChI=1S/C16H25O2Si/c1-19(2)12-6-9-15(13-17)16(18)11-10-14-7-4-3-5-8-14/h3-9,15-18H,10-13H2,1-2H3/b9-6-/t15-,16-/m1/s1. The predicted octanol–water partition coefficient (Wildman–Crippen LogP) is 2.90. The Morgan fingerprint density at radius 3 is 2.47 bits per heavy atom. The molecule has 0 saturated heterocycles. The van der Waals surface area contributed by atoms with Crippen molar-refractivity contribution in [1.29, 1.82) is 0 Å². The molecule has 2 nitrogen and oxygen atoms in total. The predicted molar refractivity (Wildman–Crippen MR) is 82.8 cm³/mol. The van der Waals surface area contributed by atoms with Gasteiger partial charge in [-0.25, -0.2) is 0 Å². The van der Waals surface area contributed by atoms with Crippen molar-refractivity contribution in [3.8, 4) is 0 Å². The SMILES string of the molecule is C[Si](C)C/C=C\[C@H](CO)[C@H](O)CCc1ccccc1. The van der Waals surface area contributed by atoms with E-state index in [4.69, 9.17) is 0 Å². The van der Waals surface area contributed by atoms with Crippen LogP contribution in [0.2, 0.25) is 19.1 Å². The van der Waals surface area contributed by atoms with Gasteiger partial charge in [0.05, 0.1) is 12.7 Å². The van der Waals surface area contributed by atoms with Gasteiger partial charge in [-0.3, -0.25) is 0 Å². The molecule has 1 aromatic rings. The zero-order chi connectivity index (χ0) is 14.1. The number of allylic oxidation sites excluding steroid dienone is 1. The summed E-state index contributed by atoms with van der Waals surface area (Å²) in [7, 11) is -0.268. The third-order valence-electron chi connectivity index (χ3n) is 3.19. The van der Waals surface area contributed by atoms with Gasteiger partial charge in [0, 0.05) is 14.7 Å². The third-order valence-corrected chi connectivity index (χ3v) is 4.24. The molecule has 0 aromatic heterocycles. The third kappa shape index (κ3) is 6.71. The van der Waals surface area contributed by atoms with E-state index in [1.54, 1.807) is 0 Å². The van der Waals surface area contributed by atoms with Crippen molar-refractivity contribution >= 4 is 8.80 Å². The minimum Gasteiger partial charge on any atom is -0.396 e. The summed E-state index contributed by atoms with van der Waals surface area (Å²) < 4.78 is 0. The first-order valence-electron chi connectivity index (χ1n) is 6.92. The van der Waals surface area contributed by atoms with Crippen LogP contribution in [0.5, 0.6) is 0 Å². The van der Waals surface area contributed by atoms with Crippen molar-refractivity contribution in [3.05, 3.63) is 48.0 Å². The van der Waals surface area contributed by atoms with Crippen LogP contribution in [0.1, 0.15) is 12.0 Å². The van der Waals surface area contributed by atoms with Gasteiger partial charge >= 0.3 is 0 Å². The van der Waals surface area contributed by atoms with Crippen LogP contribution in [0, 0.1) is 5.92 Å². The van der Waals surface area contributed by atoms with Gasteiger partial charge in [0.1, 0.15) is 0 Å². The Hall–Kier alpha value is -0.903. The monoisotopic (exact) mass is 277 g/mol. The second-order valence-corrected chi connectivity index (χ2v) is 8.10. The molecule has 19 heavy (non-hydrogen) atoms. The molecule has 2 atom stereocenters. The van der Waals surface area contributed by atoms with Gasteiger partial charge in [0.15, 0.2) is 0 Å². The highest BCUT2D eigenvalue weighted by atomic mass is 28.3. The Labute approximate surface area is 118 Å². The molecule has 1 radical (unpaired) electrons. The lowest BCUT2D eigenvalue weighted by Crippen LogP contribution is -2.22. The molecule has 105 valence electrons. The van der Waals surface area contributed by atoms with E-state index in [1.807, 2.05) is 24.3 Å². The van der Waals surface area contributed by atoms with E-state index in [0.29, 0.717) is 6.42 Å². The maximum absolute atomic E-state index is 10.1. The zero-order valence-electron chi connectivity index (χ0n) is 11.9. The molecule has 0 aliphatic rings. The minimum absolute atomic E-state index is 0.0158. The number of aryl methyl sites for hydroxylation is 1. The molecule has 0 amide bonds. The molecule has 0 heterocycles. The molecule has 1 rings (SSSR count). The lowest BCUT2D eigenvalue weighted by atomic mass is 9.96. The fourth-order valence-corrected chi connectivity index (χ4v) is 2.57. The van der Waals surface area contributed by atoms with E-state index < -0.39 is 6.10 Å². The molecular weight excluding hydrogens is 252 g/mol. The van der Waals surface area contributed by atoms with Gasteiger partial charge in [-0.1, -0.05) is 55.6 Å². The molecular formula is C16H25O2Si. The molecule has 0 fully saturated rings. The van der Waals surface area contributed by atoms with E-state index in [0.717, 1.165) is 12.5 Å². The topological polar surface area (TPSA) is 40.5 Å². The van der Waals surface area contributed by atoms with Crippen LogP contribution in [-0.2, 0) is 6.42 Å². The molecule has 2 N–H and O–H groups in total. The van der Waals surface area contributed by atoms with E-state index in [9.17, 15) is 10.2 Å². The van der Waals surface area contributed by atoms with E-state index in [-0.39, 0.29) is 21.3 Å². The lowest BCUT2D eigenvalue weighted by Gasteiger charge is -2.17. The number of aliphatic hydroxyl groups excluding tert-OH is 2. The number of hydrogen-bond donors (Lipinski definition) is 2. The lowest BCUT2D eigenvalue weighted by molar-refractivity contribution is 0.0850. The smallest absolute Gasteiger partial charge is 0.0628 e. The molecule has 0 aliphatic carbocycles. The highest BCUT2D eigenvalue weighted by molar-refractivity contribution is 6.56. The first-order valence-corrected chi connectivity index (χ1v) is 9.62. The first kappa shape index (κ1) is 16.2. The van der Waals surface area contributed by atoms with Gasteiger partial charge in [-0.15, -0.1) is 0 Å². The molecule has 0 saturated carbocycles. The maximum atomic E-state index is 10.1. The van der Waals surface area contributed by atoms with Gasteiger partial charge in [0.25, 0.3) is 0 Å². The second kappa shape index (κ2) is 9.07. The van der Waals surface area contributed by atoms with Crippen LogP contribution in [0.3, 0.4) is 0 Å². The van der Waals surface area contributed by atoms with Crippen molar-refractivity contribution in [1.82, 2.24) is 0 Å². The summed E-state index contributed by atoms with van der Waals surface area (Å²) in [6.07, 6.45) is 5.16. The Balaban J connectivity index is 2.41. The Morgan fingerprint density at radius 2 is 1.89 bits per heavy atom. The molecule has 0 bridgehead atoms. The van der Waals surface area contributed by atoms with E-state index in [1.165, 1.54) is 5.56 Å². The number of benzene rings is 1. The Morgan fingerprint density at radius 1 is 1.21 bits per heavy atom. The summed E-state index contributed by atoms with van der Waals surface area (Å²) in [5.74, 6) is -0.134. The average molecular weight is 277 g/mol. The fraction of sp³-hybridized carbons (Fsp3) is 0.500. The van der Waals surface area contributed by atoms with E-state index in [2.05, 4.69) is 31.3 Å². The van der Waals surface area contributed by atoms with Crippen LogP contribution < -0.4 is 0 Å². The average Bonchev–Trinajstić information content (AvgIpc) is 2.42. The van der Waals surface area contributed by atoms with Gasteiger partial charge in [-0.2, -0.15) is 0 Å². The van der Waals surface area contributed by atoms with Crippen LogP contribution in [0.15, 0.2) is 42.5 Å². The van der Waals surface area contributed by atoms with Crippen LogP contribution in [0.4, 0.5) is 0 Å². The summed E-state index contributed by atoms with van der Waals surface area (Å²) in [5.41, 5.74) is 1.23. The summed E-state index contributed by atoms with van der Waals surface area (Å²) in [5, 5.41) is 19.5. The van der Waals surface area contributed by atoms with Crippen molar-refractivity contribution in [2.24, 2.45) is 5.92 Å². The largest absolute Gasteiger partial charge is 0.396 e. The summed E-state index contributed by atoms with van der Waals surface area (Å²) in [4.78, 5) is 0. The van der Waals surface area contributed by atoms with Crippen LogP contribution in [0.25, 0.3) is 0 Å². The fourth-order valence-electron chi connectivity index (χ4n) is 1.96. The molecule has 0 unspecified atom stereocenters. The molecule has 1 aromatic carbocycles. The Kier molecular flexibility index (Phi) is 7.71. The highest BCUT2D eigenvalue weighted by Gasteiger charge is 2.15. The van der Waals surface area contributed by atoms with Crippen molar-refractivity contribution < 1.29 is 10.2 Å². The molecule has 0 spiro atoms. The summed E-state index contributed by atoms with van der Waals surface area (Å²) in [6, 6.07) is 11.2. The van der Waals surface area contributed by atoms with E-state index >= 15 is 0 Å². The quantitative estimate of drug-likeness (QED) is 0.566. The van der Waals surface area contributed by atoms with Crippen LogP contribution >= 0.6 is 0 Å². The van der Waals surface area contributed by atoms with Gasteiger partial charge in [-0.05, 0) is 24.4 Å². The Bertz CT molecular complexity index is 362. The number of aliphatic hydroxyl groups is 2. The normalized spacial score (nSPS) is 15.0. The minimum atomic E-state index is -0.467. The zero-order valence-corrected chi connectivity index (χ0v) is 12.9. The van der Waals surface area contributed by atoms with Crippen LogP contribution in [-0.4, -0.2) is 31.7 Å². The first-order chi connectivity index (χ1) is 9.13. The molecule has 3 heteroatoms. The summed E-state index contributed by atoms with van der Waals surface area (Å²) >= 11 is 0. The summed E-state index contributed by atoms with van der Waals surface area (Å²) in [6.45, 7) is 4.53. The maximum Gasteiger partial charge on any atom is 0.0628 e. The number of rotatable bonds is 8.